The van der Waals surface area contributed by atoms with E-state index < -0.39 is 0 Å². The summed E-state index contributed by atoms with van der Waals surface area (Å²) in [6, 6.07) is 1.93. The van der Waals surface area contributed by atoms with Gasteiger partial charge in [-0.1, -0.05) is 25.9 Å². The van der Waals surface area contributed by atoms with E-state index in [0.717, 1.165) is 17.9 Å². The van der Waals surface area contributed by atoms with Gasteiger partial charge in [0.25, 0.3) is 0 Å². The van der Waals surface area contributed by atoms with Crippen molar-refractivity contribution in [2.45, 2.75) is 33.1 Å². The predicted octanol–water partition coefficient (Wildman–Crippen LogP) is 1.97. The zero-order chi connectivity index (χ0) is 9.84. The molecule has 0 saturated heterocycles. The molecular formula is C10H17NO2. The van der Waals surface area contributed by atoms with Gasteiger partial charge in [-0.05, 0) is 12.3 Å². The largest absolute Gasteiger partial charge is 0.396 e. The number of hydrogen-bond acceptors (Lipinski definition) is 3. The molecule has 0 spiro atoms. The minimum Gasteiger partial charge on any atom is -0.396 e. The van der Waals surface area contributed by atoms with Crippen LogP contribution in [0.1, 0.15) is 38.1 Å². The summed E-state index contributed by atoms with van der Waals surface area (Å²) in [5.41, 5.74) is 0.977. The fourth-order valence-electron chi connectivity index (χ4n) is 1.16. The van der Waals surface area contributed by atoms with E-state index in [9.17, 15) is 0 Å². The fourth-order valence-corrected chi connectivity index (χ4v) is 1.16. The molecule has 1 aromatic heterocycles. The molecule has 3 nitrogen and oxygen atoms in total. The Kier molecular flexibility index (Phi) is 3.48. The molecule has 0 aliphatic rings. The average Bonchev–Trinajstić information content (AvgIpc) is 2.50. The standard InChI is InChI=1S/C10H17NO2/c1-7(2)4-9-5-10(13-11-9)8(3)6-12/h5,7-8,12H,4,6H2,1-3H3. The molecule has 1 aromatic rings. The zero-order valence-corrected chi connectivity index (χ0v) is 8.45. The number of nitrogens with zero attached hydrogens (tertiary/aromatic N) is 1. The van der Waals surface area contributed by atoms with Crippen molar-refractivity contribution in [1.82, 2.24) is 5.16 Å². The van der Waals surface area contributed by atoms with Gasteiger partial charge >= 0.3 is 0 Å². The quantitative estimate of drug-likeness (QED) is 0.776. The van der Waals surface area contributed by atoms with Crippen LogP contribution in [0.25, 0.3) is 0 Å². The zero-order valence-electron chi connectivity index (χ0n) is 8.45. The van der Waals surface area contributed by atoms with Crippen molar-refractivity contribution in [2.24, 2.45) is 5.92 Å². The molecule has 1 N–H and O–H groups in total. The van der Waals surface area contributed by atoms with Crippen LogP contribution in [0.15, 0.2) is 10.6 Å². The molecule has 1 atom stereocenters. The van der Waals surface area contributed by atoms with Crippen LogP contribution in [0.5, 0.6) is 0 Å². The van der Waals surface area contributed by atoms with Crippen LogP contribution in [-0.2, 0) is 6.42 Å². The van der Waals surface area contributed by atoms with Crippen molar-refractivity contribution in [3.63, 3.8) is 0 Å². The van der Waals surface area contributed by atoms with E-state index in [-0.39, 0.29) is 12.5 Å². The number of aliphatic hydroxyl groups excluding tert-OH is 1. The summed E-state index contributed by atoms with van der Waals surface area (Å²) in [5.74, 6) is 1.41. The smallest absolute Gasteiger partial charge is 0.142 e. The third-order valence-corrected chi connectivity index (χ3v) is 1.95. The SMILES string of the molecule is CC(C)Cc1cc(C(C)CO)on1. The molecule has 0 amide bonds. The number of rotatable bonds is 4. The average molecular weight is 183 g/mol. The van der Waals surface area contributed by atoms with Gasteiger partial charge in [0.2, 0.25) is 0 Å². The molecule has 0 fully saturated rings. The van der Waals surface area contributed by atoms with Crippen LogP contribution < -0.4 is 0 Å². The van der Waals surface area contributed by atoms with E-state index in [4.69, 9.17) is 9.63 Å². The second-order valence-electron chi connectivity index (χ2n) is 3.90. The Bertz CT molecular complexity index is 255. The van der Waals surface area contributed by atoms with Crippen LogP contribution in [0.3, 0.4) is 0 Å². The molecule has 74 valence electrons. The maximum atomic E-state index is 8.89. The third-order valence-electron chi connectivity index (χ3n) is 1.95. The van der Waals surface area contributed by atoms with Gasteiger partial charge in [-0.3, -0.25) is 0 Å². The summed E-state index contributed by atoms with van der Waals surface area (Å²) in [7, 11) is 0. The first-order chi connectivity index (χ1) is 6.13. The topological polar surface area (TPSA) is 46.3 Å². The molecule has 0 aromatic carbocycles. The molecule has 0 radical (unpaired) electrons. The lowest BCUT2D eigenvalue weighted by atomic mass is 10.1. The van der Waals surface area contributed by atoms with Gasteiger partial charge in [0.15, 0.2) is 0 Å². The molecular weight excluding hydrogens is 166 g/mol. The van der Waals surface area contributed by atoms with E-state index in [2.05, 4.69) is 19.0 Å². The number of aliphatic hydroxyl groups is 1. The number of hydrogen-bond donors (Lipinski definition) is 1. The lowest BCUT2D eigenvalue weighted by Gasteiger charge is -1.99. The van der Waals surface area contributed by atoms with E-state index in [1.54, 1.807) is 0 Å². The van der Waals surface area contributed by atoms with Gasteiger partial charge in [0.05, 0.1) is 12.3 Å². The molecule has 1 heterocycles. The van der Waals surface area contributed by atoms with Crippen LogP contribution in [0.2, 0.25) is 0 Å². The van der Waals surface area contributed by atoms with E-state index in [1.165, 1.54) is 0 Å². The normalized spacial score (nSPS) is 13.6. The Balaban J connectivity index is 2.63. The van der Waals surface area contributed by atoms with E-state index in [0.29, 0.717) is 5.92 Å². The van der Waals surface area contributed by atoms with Crippen molar-refractivity contribution in [3.8, 4) is 0 Å². The lowest BCUT2D eigenvalue weighted by Crippen LogP contribution is -1.96. The third kappa shape index (κ3) is 2.84. The highest BCUT2D eigenvalue weighted by atomic mass is 16.5. The van der Waals surface area contributed by atoms with Gasteiger partial charge in [-0.15, -0.1) is 0 Å². The van der Waals surface area contributed by atoms with Gasteiger partial charge in [0, 0.05) is 12.0 Å². The van der Waals surface area contributed by atoms with Crippen LogP contribution >= 0.6 is 0 Å². The summed E-state index contributed by atoms with van der Waals surface area (Å²) >= 11 is 0. The maximum absolute atomic E-state index is 8.89. The van der Waals surface area contributed by atoms with Crippen molar-refractivity contribution >= 4 is 0 Å². The molecule has 3 heteroatoms. The molecule has 0 aliphatic carbocycles. The minimum atomic E-state index is 0.0495. The first-order valence-electron chi connectivity index (χ1n) is 4.69. The Morgan fingerprint density at radius 1 is 1.46 bits per heavy atom. The van der Waals surface area contributed by atoms with Gasteiger partial charge < -0.3 is 9.63 Å². The Morgan fingerprint density at radius 2 is 2.15 bits per heavy atom. The summed E-state index contributed by atoms with van der Waals surface area (Å²) in [6.45, 7) is 6.31. The first-order valence-corrected chi connectivity index (χ1v) is 4.69. The Hall–Kier alpha value is -0.830. The van der Waals surface area contributed by atoms with Crippen molar-refractivity contribution in [1.29, 1.82) is 0 Å². The lowest BCUT2D eigenvalue weighted by molar-refractivity contribution is 0.246. The molecule has 0 saturated carbocycles. The Morgan fingerprint density at radius 3 is 2.69 bits per heavy atom. The molecule has 0 bridgehead atoms. The van der Waals surface area contributed by atoms with Gasteiger partial charge in [-0.2, -0.15) is 0 Å². The predicted molar refractivity (Wildman–Crippen MR) is 50.5 cm³/mol. The highest BCUT2D eigenvalue weighted by Gasteiger charge is 2.11. The fraction of sp³-hybridized carbons (Fsp3) is 0.700. The molecule has 1 rings (SSSR count). The van der Waals surface area contributed by atoms with Crippen molar-refractivity contribution in [3.05, 3.63) is 17.5 Å². The van der Waals surface area contributed by atoms with E-state index in [1.807, 2.05) is 13.0 Å². The molecule has 13 heavy (non-hydrogen) atoms. The van der Waals surface area contributed by atoms with Gasteiger partial charge in [-0.25, -0.2) is 0 Å². The summed E-state index contributed by atoms with van der Waals surface area (Å²) in [6.07, 6.45) is 0.932. The monoisotopic (exact) mass is 183 g/mol. The molecule has 1 unspecified atom stereocenters. The molecule has 0 aliphatic heterocycles. The second kappa shape index (κ2) is 4.42. The minimum absolute atomic E-state index is 0.0495. The van der Waals surface area contributed by atoms with Crippen molar-refractivity contribution < 1.29 is 9.63 Å². The number of aromatic nitrogens is 1. The summed E-state index contributed by atoms with van der Waals surface area (Å²) in [5, 5.41) is 12.8. The van der Waals surface area contributed by atoms with Crippen molar-refractivity contribution in [2.75, 3.05) is 6.61 Å². The highest BCUT2D eigenvalue weighted by molar-refractivity contribution is 5.09. The van der Waals surface area contributed by atoms with E-state index >= 15 is 0 Å². The Labute approximate surface area is 78.7 Å². The van der Waals surface area contributed by atoms with Crippen LogP contribution in [-0.4, -0.2) is 16.9 Å². The second-order valence-corrected chi connectivity index (χ2v) is 3.90. The summed E-state index contributed by atoms with van der Waals surface area (Å²) in [4.78, 5) is 0. The highest BCUT2D eigenvalue weighted by Crippen LogP contribution is 2.17. The van der Waals surface area contributed by atoms with Crippen LogP contribution in [0, 0.1) is 5.92 Å². The van der Waals surface area contributed by atoms with Crippen LogP contribution in [0.4, 0.5) is 0 Å². The summed E-state index contributed by atoms with van der Waals surface area (Å²) < 4.78 is 5.11. The van der Waals surface area contributed by atoms with Gasteiger partial charge in [0.1, 0.15) is 5.76 Å². The maximum Gasteiger partial charge on any atom is 0.142 e. The first kappa shape index (κ1) is 10.3.